The minimum Gasteiger partial charge on any atom is -0.445 e. The van der Waals surface area contributed by atoms with E-state index in [1.54, 1.807) is 0 Å². The van der Waals surface area contributed by atoms with Gasteiger partial charge >= 0.3 is 6.09 Å². The Bertz CT molecular complexity index is 784. The third-order valence-electron chi connectivity index (χ3n) is 6.25. The average molecular weight is 710 g/mol. The first-order valence-corrected chi connectivity index (χ1v) is 17.6. The van der Waals surface area contributed by atoms with E-state index in [4.69, 9.17) is 63.7 Å². The van der Waals surface area contributed by atoms with Crippen LogP contribution in [-0.2, 0) is 58.7 Å². The minimum atomic E-state index is -0.468. The maximum Gasteiger partial charge on any atom is 0.407 e. The predicted octanol–water partition coefficient (Wildman–Crippen LogP) is 3.88. The van der Waals surface area contributed by atoms with Crippen LogP contribution < -0.4 is 5.32 Å². The monoisotopic (exact) mass is 709 g/mol. The Balaban J connectivity index is 1.63. The normalized spacial score (nSPS) is 11.3. The molecule has 0 bridgehead atoms. The van der Waals surface area contributed by atoms with Gasteiger partial charge in [0.25, 0.3) is 0 Å². The van der Waals surface area contributed by atoms with Crippen molar-refractivity contribution in [2.45, 2.75) is 32.3 Å². The molecule has 0 aromatic heterocycles. The van der Waals surface area contributed by atoms with Crippen molar-refractivity contribution in [1.29, 1.82) is 0 Å². The fraction of sp³-hybridized carbons (Fsp3) is 0.794. The van der Waals surface area contributed by atoms with Crippen LogP contribution >= 0.6 is 11.6 Å². The topological polar surface area (TPSA) is 131 Å². The molecule has 0 aliphatic carbocycles. The van der Waals surface area contributed by atoms with Crippen LogP contribution in [-0.4, -0.2) is 151 Å². The van der Waals surface area contributed by atoms with Gasteiger partial charge in [-0.15, -0.1) is 11.6 Å². The van der Waals surface area contributed by atoms with Crippen molar-refractivity contribution in [2.75, 3.05) is 145 Å². The molecule has 0 aliphatic rings. The van der Waals surface area contributed by atoms with Gasteiger partial charge in [0.1, 0.15) is 6.61 Å². The zero-order chi connectivity index (χ0) is 34.3. The molecule has 1 N–H and O–H groups in total. The third kappa shape index (κ3) is 34.3. The Kier molecular flexibility index (Phi) is 35.3. The van der Waals surface area contributed by atoms with Gasteiger partial charge in [0.2, 0.25) is 0 Å². The number of ether oxygens (including phenoxy) is 11. The molecule has 280 valence electrons. The van der Waals surface area contributed by atoms with E-state index >= 15 is 0 Å². The Hall–Kier alpha value is -1.62. The van der Waals surface area contributed by atoms with Crippen LogP contribution in [0, 0.1) is 0 Å². The fourth-order valence-electron chi connectivity index (χ4n) is 3.73. The Labute approximate surface area is 292 Å². The molecule has 14 heteroatoms. The molecule has 0 spiro atoms. The van der Waals surface area contributed by atoms with Gasteiger partial charge in [-0.25, -0.2) is 4.79 Å². The lowest BCUT2D eigenvalue weighted by atomic mass is 10.2. The van der Waals surface area contributed by atoms with Crippen LogP contribution in [0.3, 0.4) is 0 Å². The summed E-state index contributed by atoms with van der Waals surface area (Å²) in [5, 5.41) is 2.64. The van der Waals surface area contributed by atoms with E-state index in [1.807, 2.05) is 30.3 Å². The third-order valence-corrected chi connectivity index (χ3v) is 6.52. The molecule has 48 heavy (non-hydrogen) atoms. The average Bonchev–Trinajstić information content (AvgIpc) is 3.11. The molecule has 1 aromatic carbocycles. The van der Waals surface area contributed by atoms with E-state index in [0.717, 1.165) is 37.3 Å². The predicted molar refractivity (Wildman–Crippen MR) is 182 cm³/mol. The Morgan fingerprint density at radius 3 is 1.21 bits per heavy atom. The van der Waals surface area contributed by atoms with Gasteiger partial charge in [0, 0.05) is 19.0 Å². The largest absolute Gasteiger partial charge is 0.445 e. The molecule has 0 saturated carbocycles. The summed E-state index contributed by atoms with van der Waals surface area (Å²) < 4.78 is 59.9. The maximum atomic E-state index is 11.6. The first-order chi connectivity index (χ1) is 23.8. The molecular weight excluding hydrogens is 650 g/mol. The van der Waals surface area contributed by atoms with Crippen LogP contribution in [0.15, 0.2) is 30.3 Å². The Morgan fingerprint density at radius 1 is 0.458 bits per heavy atom. The quantitative estimate of drug-likeness (QED) is 0.0790. The number of hydrogen-bond donors (Lipinski definition) is 1. The number of hydrogen-bond acceptors (Lipinski definition) is 12. The Morgan fingerprint density at radius 2 is 0.812 bits per heavy atom. The molecule has 0 aliphatic heterocycles. The summed E-state index contributed by atoms with van der Waals surface area (Å²) >= 11 is 5.65. The second kappa shape index (κ2) is 38.2. The number of amides is 1. The van der Waals surface area contributed by atoms with E-state index in [9.17, 15) is 4.79 Å². The molecule has 13 nitrogen and oxygen atoms in total. The van der Waals surface area contributed by atoms with Gasteiger partial charge in [0.05, 0.1) is 126 Å². The van der Waals surface area contributed by atoms with Crippen LogP contribution in [0.25, 0.3) is 0 Å². The molecule has 1 aromatic rings. The molecule has 0 atom stereocenters. The second-order valence-electron chi connectivity index (χ2n) is 10.2. The summed E-state index contributed by atoms with van der Waals surface area (Å²) in [5.41, 5.74) is 0.939. The molecule has 0 saturated heterocycles. The van der Waals surface area contributed by atoms with Gasteiger partial charge in [-0.3, -0.25) is 0 Å². The van der Waals surface area contributed by atoms with E-state index in [-0.39, 0.29) is 6.61 Å². The number of rotatable bonds is 38. The summed E-state index contributed by atoms with van der Waals surface area (Å²) in [7, 11) is 0. The minimum absolute atomic E-state index is 0.239. The molecule has 1 amide bonds. The van der Waals surface area contributed by atoms with Crippen molar-refractivity contribution < 1.29 is 56.9 Å². The second-order valence-corrected chi connectivity index (χ2v) is 10.6. The highest BCUT2D eigenvalue weighted by Gasteiger charge is 2.02. The number of carbonyl (C=O) groups excluding carboxylic acids is 1. The van der Waals surface area contributed by atoms with E-state index in [1.165, 1.54) is 6.42 Å². The van der Waals surface area contributed by atoms with Crippen molar-refractivity contribution in [3.8, 4) is 0 Å². The first-order valence-electron chi connectivity index (χ1n) is 17.1. The lowest BCUT2D eigenvalue weighted by Crippen LogP contribution is -2.28. The van der Waals surface area contributed by atoms with Crippen molar-refractivity contribution >= 4 is 17.7 Å². The number of alkyl halides is 1. The highest BCUT2D eigenvalue weighted by Crippen LogP contribution is 2.01. The summed E-state index contributed by atoms with van der Waals surface area (Å²) in [5.74, 6) is 0.740. The summed E-state index contributed by atoms with van der Waals surface area (Å²) in [4.78, 5) is 11.6. The van der Waals surface area contributed by atoms with Crippen LogP contribution in [0.1, 0.15) is 31.2 Å². The summed E-state index contributed by atoms with van der Waals surface area (Å²) in [6, 6.07) is 9.51. The molecule has 0 unspecified atom stereocenters. The van der Waals surface area contributed by atoms with Crippen LogP contribution in [0.2, 0.25) is 0 Å². The van der Waals surface area contributed by atoms with Crippen LogP contribution in [0.5, 0.6) is 0 Å². The zero-order valence-electron chi connectivity index (χ0n) is 28.8. The van der Waals surface area contributed by atoms with Crippen molar-refractivity contribution in [3.05, 3.63) is 35.9 Å². The molecular formula is C34H60ClNO12. The van der Waals surface area contributed by atoms with Gasteiger partial charge in [-0.1, -0.05) is 43.2 Å². The number of halogens is 1. The van der Waals surface area contributed by atoms with Crippen molar-refractivity contribution in [3.63, 3.8) is 0 Å². The highest BCUT2D eigenvalue weighted by molar-refractivity contribution is 6.17. The lowest BCUT2D eigenvalue weighted by molar-refractivity contribution is -0.0264. The van der Waals surface area contributed by atoms with Gasteiger partial charge in [-0.2, -0.15) is 0 Å². The van der Waals surface area contributed by atoms with Crippen molar-refractivity contribution in [2.24, 2.45) is 0 Å². The van der Waals surface area contributed by atoms with E-state index < -0.39 is 6.09 Å². The smallest absolute Gasteiger partial charge is 0.407 e. The molecule has 0 fully saturated rings. The zero-order valence-corrected chi connectivity index (χ0v) is 29.5. The number of carbonyl (C=O) groups is 1. The standard InChI is InChI=1S/C34H60ClNO12/c35-10-6-1-2-7-12-38-14-16-40-18-20-42-22-24-44-26-28-46-30-31-47-29-27-45-25-23-43-21-19-41-17-15-39-13-11-36-34(37)48-32-33-8-4-3-5-9-33/h3-5,8-9H,1-2,6-7,10-32H2,(H,36,37). The number of benzene rings is 1. The van der Waals surface area contributed by atoms with Gasteiger partial charge in [-0.05, 0) is 18.4 Å². The van der Waals surface area contributed by atoms with Crippen molar-refractivity contribution in [1.82, 2.24) is 5.32 Å². The SMILES string of the molecule is O=C(NCCOCCOCCOCCOCCOCCOCCOCCOCCOCCOCCCCCCCl)OCc1ccccc1. The molecule has 0 radical (unpaired) electrons. The molecule has 0 heterocycles. The number of nitrogens with one attached hydrogen (secondary N) is 1. The number of unbranched alkanes of at least 4 members (excludes halogenated alkanes) is 3. The maximum absolute atomic E-state index is 11.6. The van der Waals surface area contributed by atoms with E-state index in [0.29, 0.717) is 132 Å². The highest BCUT2D eigenvalue weighted by atomic mass is 35.5. The summed E-state index contributed by atoms with van der Waals surface area (Å²) in [6.07, 6.45) is 4.02. The van der Waals surface area contributed by atoms with Gasteiger partial charge in [0.15, 0.2) is 0 Å². The van der Waals surface area contributed by atoms with Gasteiger partial charge < -0.3 is 57.4 Å². The summed E-state index contributed by atoms with van der Waals surface area (Å²) in [6.45, 7) is 10.9. The molecule has 1 rings (SSSR count). The first kappa shape index (κ1) is 44.4. The van der Waals surface area contributed by atoms with Crippen LogP contribution in [0.4, 0.5) is 4.79 Å². The van der Waals surface area contributed by atoms with E-state index in [2.05, 4.69) is 5.32 Å². The lowest BCUT2D eigenvalue weighted by Gasteiger charge is -2.09. The fourth-order valence-corrected chi connectivity index (χ4v) is 3.92. The number of alkyl carbamates (subject to hydrolysis) is 1.